The summed E-state index contributed by atoms with van der Waals surface area (Å²) in [5, 5.41) is 6.71. The molecule has 110 valence electrons. The molecule has 0 N–H and O–H groups in total. The largest absolute Gasteiger partial charge is 0.298 e. The van der Waals surface area contributed by atoms with Crippen molar-refractivity contribution in [1.82, 2.24) is 9.78 Å². The van der Waals surface area contributed by atoms with E-state index in [1.807, 2.05) is 30.3 Å². The number of benzene rings is 3. The highest BCUT2D eigenvalue weighted by atomic mass is 16.1. The Hall–Kier alpha value is -3.20. The highest BCUT2D eigenvalue weighted by Crippen LogP contribution is 2.32. The van der Waals surface area contributed by atoms with Gasteiger partial charge in [0.25, 0.3) is 0 Å². The van der Waals surface area contributed by atoms with Gasteiger partial charge >= 0.3 is 0 Å². The number of aldehydes is 1. The summed E-state index contributed by atoms with van der Waals surface area (Å²) in [6.45, 7) is 0. The van der Waals surface area contributed by atoms with Crippen LogP contribution >= 0.6 is 0 Å². The molecule has 0 unspecified atom stereocenters. The summed E-state index contributed by atoms with van der Waals surface area (Å²) in [4.78, 5) is 10.9. The maximum absolute atomic E-state index is 10.9. The first kappa shape index (κ1) is 13.5. The van der Waals surface area contributed by atoms with Crippen molar-refractivity contribution in [1.29, 1.82) is 0 Å². The maximum atomic E-state index is 10.9. The lowest BCUT2D eigenvalue weighted by Crippen LogP contribution is -1.97. The second-order valence-electron chi connectivity index (χ2n) is 5.38. The van der Waals surface area contributed by atoms with E-state index in [2.05, 4.69) is 41.5 Å². The molecule has 0 spiro atoms. The summed E-state index contributed by atoms with van der Waals surface area (Å²) in [6, 6.07) is 22.7. The van der Waals surface area contributed by atoms with Gasteiger partial charge in [-0.25, -0.2) is 4.68 Å². The number of nitrogens with zero attached hydrogens (tertiary/aromatic N) is 2. The summed E-state index contributed by atoms with van der Waals surface area (Å²) in [6.07, 6.45) is 4.13. The Bertz CT molecular complexity index is 996. The van der Waals surface area contributed by atoms with Gasteiger partial charge in [-0.3, -0.25) is 4.79 Å². The van der Waals surface area contributed by atoms with Gasteiger partial charge < -0.3 is 0 Å². The molecule has 4 rings (SSSR count). The molecule has 0 fully saturated rings. The molecule has 0 aliphatic rings. The Labute approximate surface area is 133 Å². The van der Waals surface area contributed by atoms with Crippen molar-refractivity contribution in [2.75, 3.05) is 0 Å². The normalized spacial score (nSPS) is 10.8. The first-order chi connectivity index (χ1) is 11.4. The second kappa shape index (κ2) is 5.54. The quantitative estimate of drug-likeness (QED) is 0.522. The van der Waals surface area contributed by atoms with Gasteiger partial charge in [-0.05, 0) is 22.4 Å². The van der Waals surface area contributed by atoms with Gasteiger partial charge in [0.2, 0.25) is 0 Å². The van der Waals surface area contributed by atoms with Crippen molar-refractivity contribution in [3.8, 4) is 16.8 Å². The minimum absolute atomic E-state index is 0.567. The van der Waals surface area contributed by atoms with Crippen LogP contribution in [0.2, 0.25) is 0 Å². The summed E-state index contributed by atoms with van der Waals surface area (Å²) >= 11 is 0. The average molecular weight is 298 g/mol. The third kappa shape index (κ3) is 2.32. The molecule has 3 aromatic carbocycles. The van der Waals surface area contributed by atoms with Crippen LogP contribution in [0.3, 0.4) is 0 Å². The lowest BCUT2D eigenvalue weighted by molar-refractivity contribution is 0.112. The number of aromatic nitrogens is 2. The lowest BCUT2D eigenvalue weighted by atomic mass is 9.97. The van der Waals surface area contributed by atoms with E-state index in [1.54, 1.807) is 17.1 Å². The molecular formula is C20H14N2O. The Morgan fingerprint density at radius 1 is 0.826 bits per heavy atom. The third-order valence-corrected chi connectivity index (χ3v) is 3.97. The monoisotopic (exact) mass is 298 g/mol. The van der Waals surface area contributed by atoms with Gasteiger partial charge in [0.15, 0.2) is 6.29 Å². The van der Waals surface area contributed by atoms with E-state index in [9.17, 15) is 4.79 Å². The zero-order chi connectivity index (χ0) is 15.6. The number of carbonyl (C=O) groups is 1. The van der Waals surface area contributed by atoms with Crippen LogP contribution in [0.4, 0.5) is 0 Å². The van der Waals surface area contributed by atoms with Gasteiger partial charge in [-0.1, -0.05) is 60.7 Å². The van der Waals surface area contributed by atoms with Gasteiger partial charge in [0.1, 0.15) is 0 Å². The summed E-state index contributed by atoms with van der Waals surface area (Å²) in [7, 11) is 0. The van der Waals surface area contributed by atoms with Crippen LogP contribution < -0.4 is 0 Å². The summed E-state index contributed by atoms with van der Waals surface area (Å²) < 4.78 is 1.75. The molecule has 0 aliphatic heterocycles. The molecule has 1 heterocycles. The predicted molar refractivity (Wildman–Crippen MR) is 91.9 cm³/mol. The van der Waals surface area contributed by atoms with Crippen molar-refractivity contribution >= 4 is 17.1 Å². The fraction of sp³-hybridized carbons (Fsp3) is 0. The zero-order valence-corrected chi connectivity index (χ0v) is 12.4. The van der Waals surface area contributed by atoms with E-state index < -0.39 is 0 Å². The molecule has 4 aromatic rings. The molecule has 0 bridgehead atoms. The Morgan fingerprint density at radius 2 is 1.57 bits per heavy atom. The van der Waals surface area contributed by atoms with Gasteiger partial charge in [0, 0.05) is 11.8 Å². The standard InChI is InChI=1S/C20H14N2O/c23-14-15-12-21-22(13-15)20-11-4-3-9-19(20)18-10-5-7-16-6-1-2-8-17(16)18/h1-14H. The van der Waals surface area contributed by atoms with Gasteiger partial charge in [-0.15, -0.1) is 0 Å². The Morgan fingerprint density at radius 3 is 2.43 bits per heavy atom. The van der Waals surface area contributed by atoms with Gasteiger partial charge in [-0.2, -0.15) is 5.10 Å². The first-order valence-corrected chi connectivity index (χ1v) is 7.44. The van der Waals surface area contributed by atoms with Crippen molar-refractivity contribution in [3.05, 3.63) is 84.7 Å². The number of hydrogen-bond acceptors (Lipinski definition) is 2. The van der Waals surface area contributed by atoms with Crippen molar-refractivity contribution in [3.63, 3.8) is 0 Å². The molecule has 0 saturated heterocycles. The summed E-state index contributed by atoms with van der Waals surface area (Å²) in [5.41, 5.74) is 3.77. The van der Waals surface area contributed by atoms with Crippen LogP contribution in [-0.4, -0.2) is 16.1 Å². The molecule has 0 atom stereocenters. The van der Waals surface area contributed by atoms with Crippen molar-refractivity contribution < 1.29 is 4.79 Å². The third-order valence-electron chi connectivity index (χ3n) is 3.97. The fourth-order valence-corrected chi connectivity index (χ4v) is 2.89. The second-order valence-corrected chi connectivity index (χ2v) is 5.38. The highest BCUT2D eigenvalue weighted by molar-refractivity contribution is 5.98. The Kier molecular flexibility index (Phi) is 3.24. The SMILES string of the molecule is O=Cc1cnn(-c2ccccc2-c2cccc3ccccc23)c1. The van der Waals surface area contributed by atoms with E-state index in [1.165, 1.54) is 10.8 Å². The highest BCUT2D eigenvalue weighted by Gasteiger charge is 2.10. The molecule has 0 radical (unpaired) electrons. The van der Waals surface area contributed by atoms with Crippen molar-refractivity contribution in [2.45, 2.75) is 0 Å². The van der Waals surface area contributed by atoms with Crippen LogP contribution in [0, 0.1) is 0 Å². The van der Waals surface area contributed by atoms with E-state index >= 15 is 0 Å². The van der Waals surface area contributed by atoms with Crippen LogP contribution in [-0.2, 0) is 0 Å². The number of para-hydroxylation sites is 1. The molecular weight excluding hydrogens is 284 g/mol. The number of carbonyl (C=O) groups excluding carboxylic acids is 1. The van der Waals surface area contributed by atoms with Gasteiger partial charge in [0.05, 0.1) is 17.4 Å². The maximum Gasteiger partial charge on any atom is 0.153 e. The first-order valence-electron chi connectivity index (χ1n) is 7.44. The molecule has 1 aromatic heterocycles. The molecule has 0 saturated carbocycles. The molecule has 3 heteroatoms. The molecule has 3 nitrogen and oxygen atoms in total. The number of fused-ring (bicyclic) bond motifs is 1. The minimum Gasteiger partial charge on any atom is -0.298 e. The van der Waals surface area contributed by atoms with Crippen molar-refractivity contribution in [2.24, 2.45) is 0 Å². The topological polar surface area (TPSA) is 34.9 Å². The van der Waals surface area contributed by atoms with Crippen LogP contribution in [0.15, 0.2) is 79.1 Å². The van der Waals surface area contributed by atoms with E-state index in [4.69, 9.17) is 0 Å². The minimum atomic E-state index is 0.567. The predicted octanol–water partition coefficient (Wildman–Crippen LogP) is 4.51. The van der Waals surface area contributed by atoms with Crippen LogP contribution in [0.25, 0.3) is 27.6 Å². The average Bonchev–Trinajstić information content (AvgIpc) is 3.10. The number of hydrogen-bond donors (Lipinski definition) is 0. The smallest absolute Gasteiger partial charge is 0.153 e. The Balaban J connectivity index is 1.97. The summed E-state index contributed by atoms with van der Waals surface area (Å²) in [5.74, 6) is 0. The van der Waals surface area contributed by atoms with Crippen LogP contribution in [0.1, 0.15) is 10.4 Å². The van der Waals surface area contributed by atoms with E-state index in [0.717, 1.165) is 23.1 Å². The fourth-order valence-electron chi connectivity index (χ4n) is 2.89. The zero-order valence-electron chi connectivity index (χ0n) is 12.4. The number of rotatable bonds is 3. The van der Waals surface area contributed by atoms with Crippen LogP contribution in [0.5, 0.6) is 0 Å². The lowest BCUT2D eigenvalue weighted by Gasteiger charge is -2.12. The molecule has 0 amide bonds. The molecule has 23 heavy (non-hydrogen) atoms. The van der Waals surface area contributed by atoms with E-state index in [-0.39, 0.29) is 0 Å². The molecule has 0 aliphatic carbocycles. The van der Waals surface area contributed by atoms with E-state index in [0.29, 0.717) is 5.56 Å².